The molecule has 0 radical (unpaired) electrons. The van der Waals surface area contributed by atoms with Crippen molar-refractivity contribution in [3.8, 4) is 5.75 Å². The molecule has 3 rings (SSSR count). The summed E-state index contributed by atoms with van der Waals surface area (Å²) in [6.07, 6.45) is 1.02. The van der Waals surface area contributed by atoms with Gasteiger partial charge in [-0.05, 0) is 30.7 Å². The predicted molar refractivity (Wildman–Crippen MR) is 94.2 cm³/mol. The molecule has 0 spiro atoms. The van der Waals surface area contributed by atoms with Gasteiger partial charge < -0.3 is 21.7 Å². The molecule has 0 saturated carbocycles. The number of methoxy groups -OCH3 is 1. The minimum absolute atomic E-state index is 0. The van der Waals surface area contributed by atoms with E-state index in [9.17, 15) is 4.39 Å². The molecule has 0 N–H and O–H groups in total. The van der Waals surface area contributed by atoms with Gasteiger partial charge >= 0.3 is 0 Å². The first-order chi connectivity index (χ1) is 11.6. The highest BCUT2D eigenvalue weighted by Crippen LogP contribution is 2.24. The molecule has 1 heterocycles. The fourth-order valence-corrected chi connectivity index (χ4v) is 3.34. The summed E-state index contributed by atoms with van der Waals surface area (Å²) in [5, 5.41) is 0.451. The Morgan fingerprint density at radius 3 is 2.64 bits per heavy atom. The fraction of sp³-hybridized carbons (Fsp3) is 0.316. The van der Waals surface area contributed by atoms with Crippen LogP contribution in [0.15, 0.2) is 36.4 Å². The Kier molecular flexibility index (Phi) is 6.47. The number of halogens is 3. The van der Waals surface area contributed by atoms with E-state index in [4.69, 9.17) is 16.3 Å². The van der Waals surface area contributed by atoms with Crippen molar-refractivity contribution in [1.82, 2.24) is 4.57 Å². The van der Waals surface area contributed by atoms with E-state index in [2.05, 4.69) is 23.0 Å². The smallest absolute Gasteiger partial charge is 0.254 e. The summed E-state index contributed by atoms with van der Waals surface area (Å²) < 4.78 is 23.9. The van der Waals surface area contributed by atoms with Crippen LogP contribution in [0.1, 0.15) is 24.7 Å². The van der Waals surface area contributed by atoms with Crippen LogP contribution in [0.2, 0.25) is 5.02 Å². The summed E-state index contributed by atoms with van der Waals surface area (Å²) in [6.45, 7) is 5.49. The predicted octanol–water partition coefficient (Wildman–Crippen LogP) is 1.50. The molecule has 0 aliphatic rings. The molecule has 3 aromatic rings. The maximum atomic E-state index is 14.2. The minimum atomic E-state index is -0.278. The molecule has 0 fully saturated rings. The monoisotopic (exact) mass is 426 g/mol. The van der Waals surface area contributed by atoms with Crippen molar-refractivity contribution in [3.63, 3.8) is 0 Å². The summed E-state index contributed by atoms with van der Waals surface area (Å²) in [4.78, 5) is 0. The third-order valence-electron chi connectivity index (χ3n) is 4.37. The summed E-state index contributed by atoms with van der Waals surface area (Å²) >= 11 is 6.22. The normalized spacial score (nSPS) is 10.8. The van der Waals surface area contributed by atoms with Crippen LogP contribution in [0.25, 0.3) is 11.0 Å². The van der Waals surface area contributed by atoms with Gasteiger partial charge in [-0.3, -0.25) is 0 Å². The van der Waals surface area contributed by atoms with E-state index >= 15 is 0 Å². The van der Waals surface area contributed by atoms with Crippen LogP contribution in [-0.4, -0.2) is 11.7 Å². The molecule has 0 bridgehead atoms. The molecule has 2 aromatic carbocycles. The van der Waals surface area contributed by atoms with Gasteiger partial charge in [0.1, 0.15) is 18.1 Å². The molecule has 3 nitrogen and oxygen atoms in total. The first-order valence-electron chi connectivity index (χ1n) is 8.06. The number of imidazole rings is 1. The van der Waals surface area contributed by atoms with Crippen molar-refractivity contribution < 1.29 is 30.7 Å². The molecular weight excluding hydrogens is 407 g/mol. The molecule has 1 aromatic heterocycles. The summed E-state index contributed by atoms with van der Waals surface area (Å²) in [5.74, 6) is 1.60. The standard InChI is InChI=1S/C19H21ClFN2O.BrH/c1-4-10-22-13(2)23(12-15-16(20)6-5-7-17(15)21)18-9-8-14(24-3)11-19(18)22;/h5-9,11H,4,10,12H2,1-3H3;1H/q+1;/p-1. The van der Waals surface area contributed by atoms with Crippen LogP contribution >= 0.6 is 11.6 Å². The van der Waals surface area contributed by atoms with Gasteiger partial charge in [-0.1, -0.05) is 24.6 Å². The van der Waals surface area contributed by atoms with Gasteiger partial charge in [0.15, 0.2) is 11.0 Å². The average Bonchev–Trinajstić information content (AvgIpc) is 2.83. The van der Waals surface area contributed by atoms with E-state index in [0.29, 0.717) is 17.1 Å². The van der Waals surface area contributed by atoms with Crippen molar-refractivity contribution in [2.75, 3.05) is 7.11 Å². The number of hydrogen-bond acceptors (Lipinski definition) is 1. The highest BCUT2D eigenvalue weighted by atomic mass is 79.9. The van der Waals surface area contributed by atoms with Crippen LogP contribution in [0.5, 0.6) is 5.75 Å². The summed E-state index contributed by atoms with van der Waals surface area (Å²) in [7, 11) is 1.66. The fourth-order valence-electron chi connectivity index (χ4n) is 3.12. The number of ether oxygens (including phenoxy) is 1. The summed E-state index contributed by atoms with van der Waals surface area (Å²) in [6, 6.07) is 10.8. The van der Waals surface area contributed by atoms with E-state index in [1.54, 1.807) is 19.2 Å². The van der Waals surface area contributed by atoms with Gasteiger partial charge in [-0.15, -0.1) is 0 Å². The van der Waals surface area contributed by atoms with Crippen molar-refractivity contribution >= 4 is 22.6 Å². The van der Waals surface area contributed by atoms with Crippen LogP contribution < -0.4 is 26.3 Å². The molecule has 0 aliphatic carbocycles. The van der Waals surface area contributed by atoms with Crippen LogP contribution in [0, 0.1) is 12.7 Å². The molecule has 0 aliphatic heterocycles. The van der Waals surface area contributed by atoms with Crippen molar-refractivity contribution in [2.24, 2.45) is 0 Å². The number of fused-ring (bicyclic) bond motifs is 1. The van der Waals surface area contributed by atoms with Crippen molar-refractivity contribution in [3.05, 3.63) is 58.6 Å². The number of rotatable bonds is 5. The molecule has 6 heteroatoms. The maximum Gasteiger partial charge on any atom is 0.254 e. The maximum absolute atomic E-state index is 14.2. The zero-order valence-corrected chi connectivity index (χ0v) is 16.9. The van der Waals surface area contributed by atoms with E-state index in [0.717, 1.165) is 35.6 Å². The average molecular weight is 428 g/mol. The van der Waals surface area contributed by atoms with E-state index in [1.807, 2.05) is 18.2 Å². The van der Waals surface area contributed by atoms with Crippen molar-refractivity contribution in [2.45, 2.75) is 33.4 Å². The lowest BCUT2D eigenvalue weighted by Gasteiger charge is -2.05. The third-order valence-corrected chi connectivity index (χ3v) is 4.72. The lowest BCUT2D eigenvalue weighted by atomic mass is 10.2. The second-order valence-electron chi connectivity index (χ2n) is 5.84. The SMILES string of the molecule is CCCn1c(C)[n+](Cc2c(F)cccc2Cl)c2ccc(OC)cc21.[Br-]. The third kappa shape index (κ3) is 3.67. The Labute approximate surface area is 162 Å². The Morgan fingerprint density at radius 1 is 1.24 bits per heavy atom. The minimum Gasteiger partial charge on any atom is -1.00 e. The van der Waals surface area contributed by atoms with Gasteiger partial charge in [0.05, 0.1) is 18.7 Å². The number of benzene rings is 2. The molecule has 25 heavy (non-hydrogen) atoms. The van der Waals surface area contributed by atoms with E-state index < -0.39 is 0 Å². The zero-order valence-electron chi connectivity index (χ0n) is 14.5. The number of hydrogen-bond donors (Lipinski definition) is 0. The Balaban J connectivity index is 0.00000225. The van der Waals surface area contributed by atoms with E-state index in [-0.39, 0.29) is 22.8 Å². The largest absolute Gasteiger partial charge is 1.00 e. The van der Waals surface area contributed by atoms with Crippen LogP contribution in [-0.2, 0) is 13.1 Å². The Hall–Kier alpha value is -1.59. The lowest BCUT2D eigenvalue weighted by Crippen LogP contribution is -3.00. The van der Waals surface area contributed by atoms with E-state index in [1.165, 1.54) is 6.07 Å². The topological polar surface area (TPSA) is 18.0 Å². The quantitative estimate of drug-likeness (QED) is 0.565. The second kappa shape index (κ2) is 8.19. The zero-order chi connectivity index (χ0) is 17.3. The number of nitrogens with zero attached hydrogens (tertiary/aromatic N) is 2. The molecule has 0 atom stereocenters. The second-order valence-corrected chi connectivity index (χ2v) is 6.25. The number of aryl methyl sites for hydroxylation is 1. The molecule has 0 amide bonds. The lowest BCUT2D eigenvalue weighted by molar-refractivity contribution is -0.669. The van der Waals surface area contributed by atoms with Crippen LogP contribution in [0.4, 0.5) is 4.39 Å². The Morgan fingerprint density at radius 2 is 2.00 bits per heavy atom. The first kappa shape index (κ1) is 19.7. The van der Waals surface area contributed by atoms with Gasteiger partial charge in [0.2, 0.25) is 0 Å². The Bertz CT molecular complexity index is 875. The highest BCUT2D eigenvalue weighted by molar-refractivity contribution is 6.31. The number of aromatic nitrogens is 2. The summed E-state index contributed by atoms with van der Waals surface area (Å²) in [5.41, 5.74) is 2.64. The molecule has 0 unspecified atom stereocenters. The van der Waals surface area contributed by atoms with Gasteiger partial charge in [-0.2, -0.15) is 0 Å². The van der Waals surface area contributed by atoms with Gasteiger partial charge in [0.25, 0.3) is 5.82 Å². The molecule has 0 saturated heterocycles. The van der Waals surface area contributed by atoms with Gasteiger partial charge in [-0.25, -0.2) is 13.5 Å². The van der Waals surface area contributed by atoms with Crippen LogP contribution in [0.3, 0.4) is 0 Å². The highest BCUT2D eigenvalue weighted by Gasteiger charge is 2.23. The van der Waals surface area contributed by atoms with Crippen molar-refractivity contribution in [1.29, 1.82) is 0 Å². The van der Waals surface area contributed by atoms with Gasteiger partial charge in [0, 0.05) is 18.6 Å². The molecule has 134 valence electrons. The first-order valence-corrected chi connectivity index (χ1v) is 8.44. The molecular formula is C19H21BrClFN2O.